The average Bonchev–Trinajstić information content (AvgIpc) is 2.96. The van der Waals surface area contributed by atoms with Crippen LogP contribution in [0.25, 0.3) is 0 Å². The summed E-state index contributed by atoms with van der Waals surface area (Å²) in [4.78, 5) is 0. The molecule has 0 N–H and O–H groups in total. The predicted octanol–water partition coefficient (Wildman–Crippen LogP) is 12.6. The quantitative estimate of drug-likeness (QED) is 0.0566. The highest BCUT2D eigenvalue weighted by Gasteiger charge is 2.18. The zero-order chi connectivity index (χ0) is 30.5. The molecule has 0 radical (unpaired) electrons. The second kappa shape index (κ2) is 28.8. The summed E-state index contributed by atoms with van der Waals surface area (Å²) in [7, 11) is 0. The fourth-order valence-electron chi connectivity index (χ4n) is 6.39. The topological polar surface area (TPSA) is 27.7 Å². The molecule has 43 heavy (non-hydrogen) atoms. The first-order valence-electron chi connectivity index (χ1n) is 19.5. The largest absolute Gasteiger partial charge is 0.378 e. The van der Waals surface area contributed by atoms with Gasteiger partial charge in [0.1, 0.15) is 0 Å². The van der Waals surface area contributed by atoms with Gasteiger partial charge in [-0.05, 0) is 64.2 Å². The third-order valence-corrected chi connectivity index (χ3v) is 9.62. The standard InChI is InChI=1S/C40H74O3/c1-3-5-7-9-11-13-15-23-29-39(31-25-19-17-21-27-37-33-35-41-37)43-40(30-24-16-14-12-10-8-6-4-2)32-26-20-18-22-28-38-34-36-42-38/h23-24,29-30,37-40H,3-22,25-28,31-36H2,1-2H3/b29-23-,30-24-. The van der Waals surface area contributed by atoms with Gasteiger partial charge in [0, 0.05) is 13.2 Å². The van der Waals surface area contributed by atoms with Crippen LogP contribution in [0.15, 0.2) is 24.3 Å². The lowest BCUT2D eigenvalue weighted by Crippen LogP contribution is -2.26. The number of allylic oxidation sites excluding steroid dienone is 2. The Morgan fingerprint density at radius 1 is 0.512 bits per heavy atom. The van der Waals surface area contributed by atoms with E-state index in [-0.39, 0.29) is 12.2 Å². The minimum atomic E-state index is 0.259. The zero-order valence-corrected chi connectivity index (χ0v) is 29.1. The Balaban J connectivity index is 1.78. The van der Waals surface area contributed by atoms with Crippen LogP contribution in [0.1, 0.15) is 194 Å². The van der Waals surface area contributed by atoms with Gasteiger partial charge in [-0.15, -0.1) is 0 Å². The number of ether oxygens (including phenoxy) is 3. The van der Waals surface area contributed by atoms with Crippen molar-refractivity contribution < 1.29 is 14.2 Å². The first-order valence-corrected chi connectivity index (χ1v) is 19.5. The van der Waals surface area contributed by atoms with E-state index in [4.69, 9.17) is 14.2 Å². The summed E-state index contributed by atoms with van der Waals surface area (Å²) >= 11 is 0. The molecule has 0 aromatic carbocycles. The summed E-state index contributed by atoms with van der Waals surface area (Å²) in [6, 6.07) is 0. The highest BCUT2D eigenvalue weighted by atomic mass is 16.5. The van der Waals surface area contributed by atoms with Crippen molar-refractivity contribution >= 4 is 0 Å². The molecule has 252 valence electrons. The van der Waals surface area contributed by atoms with Gasteiger partial charge in [-0.25, -0.2) is 0 Å². The van der Waals surface area contributed by atoms with E-state index in [9.17, 15) is 0 Å². The minimum absolute atomic E-state index is 0.259. The molecule has 2 saturated heterocycles. The molecule has 0 aromatic heterocycles. The fraction of sp³-hybridized carbons (Fsp3) is 0.900. The maximum atomic E-state index is 6.90. The van der Waals surface area contributed by atoms with E-state index in [1.54, 1.807) is 0 Å². The van der Waals surface area contributed by atoms with Crippen molar-refractivity contribution in [1.29, 1.82) is 0 Å². The van der Waals surface area contributed by atoms with Crippen LogP contribution in [0.3, 0.4) is 0 Å². The van der Waals surface area contributed by atoms with Gasteiger partial charge in [0.25, 0.3) is 0 Å². The molecule has 2 aliphatic rings. The normalized spacial score (nSPS) is 20.0. The van der Waals surface area contributed by atoms with Crippen LogP contribution >= 0.6 is 0 Å². The summed E-state index contributed by atoms with van der Waals surface area (Å²) in [5.41, 5.74) is 0. The van der Waals surface area contributed by atoms with E-state index in [0.717, 1.165) is 26.1 Å². The summed E-state index contributed by atoms with van der Waals surface area (Å²) in [6.45, 7) is 6.57. The molecule has 2 rings (SSSR count). The Morgan fingerprint density at radius 2 is 0.884 bits per heavy atom. The van der Waals surface area contributed by atoms with E-state index < -0.39 is 0 Å². The highest BCUT2D eigenvalue weighted by Crippen LogP contribution is 2.22. The van der Waals surface area contributed by atoms with Crippen LogP contribution in [0.4, 0.5) is 0 Å². The van der Waals surface area contributed by atoms with E-state index >= 15 is 0 Å². The molecule has 4 unspecified atom stereocenters. The van der Waals surface area contributed by atoms with Gasteiger partial charge >= 0.3 is 0 Å². The molecule has 2 fully saturated rings. The number of unbranched alkanes of at least 4 members (excludes halogenated alkanes) is 18. The van der Waals surface area contributed by atoms with Gasteiger partial charge in [-0.2, -0.15) is 0 Å². The van der Waals surface area contributed by atoms with E-state index in [2.05, 4.69) is 38.2 Å². The molecule has 0 aromatic rings. The number of hydrogen-bond acceptors (Lipinski definition) is 3. The second-order valence-corrected chi connectivity index (χ2v) is 13.7. The van der Waals surface area contributed by atoms with Crippen molar-refractivity contribution in [3.8, 4) is 0 Å². The lowest BCUT2D eigenvalue weighted by molar-refractivity contribution is -0.0557. The van der Waals surface area contributed by atoms with Crippen molar-refractivity contribution in [2.24, 2.45) is 0 Å². The maximum absolute atomic E-state index is 6.90. The third-order valence-electron chi connectivity index (χ3n) is 9.62. The fourth-order valence-corrected chi connectivity index (χ4v) is 6.39. The summed E-state index contributed by atoms with van der Waals surface area (Å²) in [5, 5.41) is 0. The lowest BCUT2D eigenvalue weighted by atomic mass is 10.0. The van der Waals surface area contributed by atoms with Gasteiger partial charge in [0.15, 0.2) is 0 Å². The molecule has 0 bridgehead atoms. The summed E-state index contributed by atoms with van der Waals surface area (Å²) < 4.78 is 18.1. The second-order valence-electron chi connectivity index (χ2n) is 13.7. The molecule has 2 aliphatic heterocycles. The van der Waals surface area contributed by atoms with E-state index in [1.165, 1.54) is 167 Å². The van der Waals surface area contributed by atoms with Crippen LogP contribution in [0, 0.1) is 0 Å². The van der Waals surface area contributed by atoms with Gasteiger partial charge in [-0.3, -0.25) is 0 Å². The molecular formula is C40H74O3. The van der Waals surface area contributed by atoms with Gasteiger partial charge in [0.2, 0.25) is 0 Å². The van der Waals surface area contributed by atoms with Crippen LogP contribution in [-0.2, 0) is 14.2 Å². The zero-order valence-electron chi connectivity index (χ0n) is 29.1. The molecule has 3 nitrogen and oxygen atoms in total. The first kappa shape index (κ1) is 38.5. The van der Waals surface area contributed by atoms with E-state index in [1.807, 2.05) is 0 Å². The molecular weight excluding hydrogens is 528 g/mol. The molecule has 2 heterocycles. The van der Waals surface area contributed by atoms with Crippen molar-refractivity contribution in [1.82, 2.24) is 0 Å². The summed E-state index contributed by atoms with van der Waals surface area (Å²) in [6.07, 6.45) is 48.1. The van der Waals surface area contributed by atoms with Crippen LogP contribution in [-0.4, -0.2) is 37.6 Å². The molecule has 0 spiro atoms. The highest BCUT2D eigenvalue weighted by molar-refractivity contribution is 4.95. The Morgan fingerprint density at radius 3 is 1.28 bits per heavy atom. The Hall–Kier alpha value is -0.640. The number of hydrogen-bond donors (Lipinski definition) is 0. The van der Waals surface area contributed by atoms with Crippen LogP contribution in [0.2, 0.25) is 0 Å². The first-order chi connectivity index (χ1) is 21.3. The third kappa shape index (κ3) is 22.5. The van der Waals surface area contributed by atoms with Crippen molar-refractivity contribution in [2.75, 3.05) is 13.2 Å². The molecule has 0 saturated carbocycles. The Bertz CT molecular complexity index is 582. The monoisotopic (exact) mass is 603 g/mol. The molecule has 0 aliphatic carbocycles. The number of rotatable bonds is 32. The Kier molecular flexibility index (Phi) is 25.8. The summed E-state index contributed by atoms with van der Waals surface area (Å²) in [5.74, 6) is 0. The van der Waals surface area contributed by atoms with Crippen molar-refractivity contribution in [2.45, 2.75) is 218 Å². The van der Waals surface area contributed by atoms with Gasteiger partial charge < -0.3 is 14.2 Å². The Labute approximate surface area is 269 Å². The van der Waals surface area contributed by atoms with Gasteiger partial charge in [0.05, 0.1) is 24.4 Å². The average molecular weight is 603 g/mol. The predicted molar refractivity (Wildman–Crippen MR) is 187 cm³/mol. The molecule has 0 amide bonds. The SMILES string of the molecule is CCCCCCCC/C=C\C(CCCCCCC1CCO1)OC(/C=C\CCCCCCCC)CCCCCCC1CCO1. The van der Waals surface area contributed by atoms with Crippen molar-refractivity contribution in [3.05, 3.63) is 24.3 Å². The molecule has 4 atom stereocenters. The van der Waals surface area contributed by atoms with Crippen LogP contribution in [0.5, 0.6) is 0 Å². The van der Waals surface area contributed by atoms with E-state index in [0.29, 0.717) is 12.2 Å². The minimum Gasteiger partial charge on any atom is -0.378 e. The maximum Gasteiger partial charge on any atom is 0.0763 e. The van der Waals surface area contributed by atoms with Crippen LogP contribution < -0.4 is 0 Å². The van der Waals surface area contributed by atoms with Crippen molar-refractivity contribution in [3.63, 3.8) is 0 Å². The molecule has 3 heteroatoms. The van der Waals surface area contributed by atoms with Gasteiger partial charge in [-0.1, -0.05) is 154 Å². The lowest BCUT2D eigenvalue weighted by Gasteiger charge is -2.26. The smallest absolute Gasteiger partial charge is 0.0763 e.